The Morgan fingerprint density at radius 3 is 2.95 bits per heavy atom. The summed E-state index contributed by atoms with van der Waals surface area (Å²) in [5, 5.41) is 7.20. The molecule has 3 nitrogen and oxygen atoms in total. The number of benzene rings is 1. The lowest BCUT2D eigenvalue weighted by molar-refractivity contribution is -0.121. The summed E-state index contributed by atoms with van der Waals surface area (Å²) in [6.45, 7) is 4.13. The lowest BCUT2D eigenvalue weighted by Gasteiger charge is -2.30. The first-order chi connectivity index (χ1) is 9.66. The number of nitrogens with one attached hydrogen (secondary N) is 2. The maximum absolute atomic E-state index is 11.9. The monoisotopic (exact) mass is 348 g/mol. The summed E-state index contributed by atoms with van der Waals surface area (Å²) in [6, 6.07) is 8.00. The maximum atomic E-state index is 11.9. The summed E-state index contributed by atoms with van der Waals surface area (Å²) in [6.07, 6.45) is 1.65. The van der Waals surface area contributed by atoms with Gasteiger partial charge in [0.25, 0.3) is 0 Å². The number of halogens is 2. The summed E-state index contributed by atoms with van der Waals surface area (Å²) in [5.41, 5.74) is 0. The van der Waals surface area contributed by atoms with Crippen LogP contribution in [0.25, 0.3) is 0 Å². The van der Waals surface area contributed by atoms with Crippen molar-refractivity contribution in [1.82, 2.24) is 10.6 Å². The van der Waals surface area contributed by atoms with E-state index in [1.165, 1.54) is 0 Å². The molecule has 0 aliphatic carbocycles. The van der Waals surface area contributed by atoms with Crippen molar-refractivity contribution in [2.75, 3.05) is 18.8 Å². The van der Waals surface area contributed by atoms with Gasteiger partial charge in [0.2, 0.25) is 5.91 Å². The number of rotatable bonds is 5. The number of thioether (sulfide) groups is 1. The lowest BCUT2D eigenvalue weighted by atomic mass is 9.95. The number of piperidine rings is 1. The predicted octanol–water partition coefficient (Wildman–Crippen LogP) is 3.36. The van der Waals surface area contributed by atoms with Gasteiger partial charge in [-0.1, -0.05) is 30.7 Å². The van der Waals surface area contributed by atoms with Gasteiger partial charge in [-0.25, -0.2) is 0 Å². The zero-order valence-electron chi connectivity index (χ0n) is 12.1. The molecule has 1 aliphatic heterocycles. The fraction of sp³-hybridized carbons (Fsp3) is 0.533. The molecule has 1 aromatic rings. The molecule has 21 heavy (non-hydrogen) atoms. The van der Waals surface area contributed by atoms with E-state index in [-0.39, 0.29) is 24.4 Å². The third kappa shape index (κ3) is 6.07. The highest BCUT2D eigenvalue weighted by Crippen LogP contribution is 2.26. The van der Waals surface area contributed by atoms with Crippen molar-refractivity contribution >= 4 is 41.7 Å². The summed E-state index contributed by atoms with van der Waals surface area (Å²) < 4.78 is 0. The van der Waals surface area contributed by atoms with E-state index in [4.69, 9.17) is 11.6 Å². The van der Waals surface area contributed by atoms with Gasteiger partial charge in [0.15, 0.2) is 0 Å². The van der Waals surface area contributed by atoms with Crippen LogP contribution in [0.4, 0.5) is 0 Å². The Bertz CT molecular complexity index is 459. The quantitative estimate of drug-likeness (QED) is 0.801. The minimum atomic E-state index is 0. The lowest BCUT2D eigenvalue weighted by Crippen LogP contribution is -2.50. The van der Waals surface area contributed by atoms with Gasteiger partial charge in [0, 0.05) is 29.7 Å². The molecule has 2 N–H and O–H groups in total. The molecule has 0 saturated carbocycles. The van der Waals surface area contributed by atoms with E-state index in [0.29, 0.717) is 12.3 Å². The molecule has 0 aromatic heterocycles. The number of amides is 1. The molecule has 0 bridgehead atoms. The minimum Gasteiger partial charge on any atom is -0.352 e. The molecule has 0 radical (unpaired) electrons. The summed E-state index contributed by atoms with van der Waals surface area (Å²) in [5.74, 6) is 1.44. The molecule has 1 fully saturated rings. The van der Waals surface area contributed by atoms with Crippen LogP contribution in [0.15, 0.2) is 29.2 Å². The standard InChI is InChI=1S/C15H21ClN2OS.ClH/c1-11-6-8-17-10-13(11)18-15(19)7-9-20-14-5-3-2-4-12(14)16;/h2-5,11,13,17H,6-10H2,1H3,(H,18,19);1H. The van der Waals surface area contributed by atoms with E-state index in [1.807, 2.05) is 24.3 Å². The Hall–Kier alpha value is -0.420. The van der Waals surface area contributed by atoms with Gasteiger partial charge in [-0.05, 0) is 31.0 Å². The second-order valence-corrected chi connectivity index (χ2v) is 6.72. The summed E-state index contributed by atoms with van der Waals surface area (Å²) in [4.78, 5) is 13.0. The highest BCUT2D eigenvalue weighted by molar-refractivity contribution is 7.99. The van der Waals surface area contributed by atoms with Gasteiger partial charge in [-0.15, -0.1) is 24.2 Å². The van der Waals surface area contributed by atoms with Crippen LogP contribution in [0.3, 0.4) is 0 Å². The molecule has 2 unspecified atom stereocenters. The Kier molecular flexibility index (Phi) is 8.49. The SMILES string of the molecule is CC1CCNCC1NC(=O)CCSc1ccccc1Cl.Cl. The zero-order valence-corrected chi connectivity index (χ0v) is 14.5. The van der Waals surface area contributed by atoms with Crippen LogP contribution in [-0.2, 0) is 4.79 Å². The van der Waals surface area contributed by atoms with Gasteiger partial charge >= 0.3 is 0 Å². The molecule has 6 heteroatoms. The molecular formula is C15H22Cl2N2OS. The number of hydrogen-bond acceptors (Lipinski definition) is 3. The molecule has 1 heterocycles. The van der Waals surface area contributed by atoms with E-state index < -0.39 is 0 Å². The van der Waals surface area contributed by atoms with E-state index in [2.05, 4.69) is 17.6 Å². The normalized spacial score (nSPS) is 21.4. The van der Waals surface area contributed by atoms with Crippen LogP contribution in [-0.4, -0.2) is 30.8 Å². The average Bonchev–Trinajstić information content (AvgIpc) is 2.43. The fourth-order valence-corrected chi connectivity index (χ4v) is 3.46. The molecular weight excluding hydrogens is 327 g/mol. The zero-order chi connectivity index (χ0) is 14.4. The molecule has 0 spiro atoms. The second kappa shape index (κ2) is 9.57. The third-order valence-electron chi connectivity index (χ3n) is 3.60. The van der Waals surface area contributed by atoms with E-state index in [0.717, 1.165) is 35.2 Å². The van der Waals surface area contributed by atoms with Crippen molar-refractivity contribution in [1.29, 1.82) is 0 Å². The molecule has 1 aliphatic rings. The van der Waals surface area contributed by atoms with Crippen molar-refractivity contribution in [2.45, 2.75) is 30.7 Å². The highest BCUT2D eigenvalue weighted by Gasteiger charge is 2.22. The first kappa shape index (κ1) is 18.6. The van der Waals surface area contributed by atoms with Crippen molar-refractivity contribution in [3.05, 3.63) is 29.3 Å². The number of hydrogen-bond donors (Lipinski definition) is 2. The minimum absolute atomic E-state index is 0. The largest absolute Gasteiger partial charge is 0.352 e. The summed E-state index contributed by atoms with van der Waals surface area (Å²) in [7, 11) is 0. The van der Waals surface area contributed by atoms with Gasteiger partial charge in [0.05, 0.1) is 5.02 Å². The second-order valence-electron chi connectivity index (χ2n) is 5.17. The first-order valence-corrected chi connectivity index (χ1v) is 8.40. The smallest absolute Gasteiger partial charge is 0.221 e. The predicted molar refractivity (Wildman–Crippen MR) is 92.6 cm³/mol. The van der Waals surface area contributed by atoms with Crippen molar-refractivity contribution in [2.24, 2.45) is 5.92 Å². The van der Waals surface area contributed by atoms with E-state index in [1.54, 1.807) is 11.8 Å². The molecule has 2 rings (SSSR count). The Morgan fingerprint density at radius 2 is 2.24 bits per heavy atom. The maximum Gasteiger partial charge on any atom is 0.221 e. The Labute approximate surface area is 142 Å². The fourth-order valence-electron chi connectivity index (χ4n) is 2.28. The Morgan fingerprint density at radius 1 is 1.48 bits per heavy atom. The van der Waals surface area contributed by atoms with Crippen LogP contribution in [0, 0.1) is 5.92 Å². The van der Waals surface area contributed by atoms with Crippen molar-refractivity contribution in [3.63, 3.8) is 0 Å². The van der Waals surface area contributed by atoms with Gasteiger partial charge in [0.1, 0.15) is 0 Å². The molecule has 1 amide bonds. The molecule has 2 atom stereocenters. The van der Waals surface area contributed by atoms with Crippen LogP contribution in [0.2, 0.25) is 5.02 Å². The van der Waals surface area contributed by atoms with E-state index in [9.17, 15) is 4.79 Å². The van der Waals surface area contributed by atoms with Crippen LogP contribution in [0.1, 0.15) is 19.8 Å². The summed E-state index contributed by atoms with van der Waals surface area (Å²) >= 11 is 7.71. The van der Waals surface area contributed by atoms with Gasteiger partial charge in [-0.3, -0.25) is 4.79 Å². The molecule has 1 saturated heterocycles. The van der Waals surface area contributed by atoms with Crippen LogP contribution in [0.5, 0.6) is 0 Å². The van der Waals surface area contributed by atoms with Crippen LogP contribution >= 0.6 is 35.8 Å². The van der Waals surface area contributed by atoms with Gasteiger partial charge < -0.3 is 10.6 Å². The highest BCUT2D eigenvalue weighted by atomic mass is 35.5. The average molecular weight is 349 g/mol. The first-order valence-electron chi connectivity index (χ1n) is 7.04. The molecule has 118 valence electrons. The van der Waals surface area contributed by atoms with Crippen molar-refractivity contribution < 1.29 is 4.79 Å². The molecule has 1 aromatic carbocycles. The third-order valence-corrected chi connectivity index (χ3v) is 5.11. The van der Waals surface area contributed by atoms with Crippen LogP contribution < -0.4 is 10.6 Å². The van der Waals surface area contributed by atoms with Gasteiger partial charge in [-0.2, -0.15) is 0 Å². The topological polar surface area (TPSA) is 41.1 Å². The van der Waals surface area contributed by atoms with Crippen molar-refractivity contribution in [3.8, 4) is 0 Å². The number of carbonyl (C=O) groups is 1. The van der Waals surface area contributed by atoms with E-state index >= 15 is 0 Å². The Balaban J connectivity index is 0.00000220. The number of carbonyl (C=O) groups excluding carboxylic acids is 1.